The number of nitrogens with zero attached hydrogens (tertiary/aromatic N) is 2. The molecule has 0 saturated carbocycles. The second kappa shape index (κ2) is 9.75. The molecule has 1 fully saturated rings. The fraction of sp³-hybridized carbons (Fsp3) is 0.350. The van der Waals surface area contributed by atoms with E-state index in [9.17, 15) is 22.4 Å². The number of carbonyl (C=O) groups is 1. The van der Waals surface area contributed by atoms with Gasteiger partial charge in [0, 0.05) is 32.3 Å². The summed E-state index contributed by atoms with van der Waals surface area (Å²) in [5.41, 5.74) is 10.8. The van der Waals surface area contributed by atoms with Crippen molar-refractivity contribution in [2.24, 2.45) is 5.73 Å². The zero-order valence-electron chi connectivity index (χ0n) is 17.6. The van der Waals surface area contributed by atoms with Gasteiger partial charge in [-0.2, -0.15) is 0 Å². The predicted molar refractivity (Wildman–Crippen MR) is 118 cm³/mol. The van der Waals surface area contributed by atoms with E-state index in [1.54, 1.807) is 0 Å². The molecule has 8 nitrogen and oxygen atoms in total. The first-order valence-electron chi connectivity index (χ1n) is 9.89. The topological polar surface area (TPSA) is 133 Å². The van der Waals surface area contributed by atoms with Gasteiger partial charge in [-0.05, 0) is 18.6 Å². The van der Waals surface area contributed by atoms with Gasteiger partial charge in [0.1, 0.15) is 27.5 Å². The van der Waals surface area contributed by atoms with Crippen molar-refractivity contribution in [3.05, 3.63) is 47.0 Å². The third kappa shape index (κ3) is 5.42. The van der Waals surface area contributed by atoms with Crippen LogP contribution in [0.2, 0.25) is 0 Å². The third-order valence-corrected chi connectivity index (χ3v) is 5.90. The van der Waals surface area contributed by atoms with Gasteiger partial charge < -0.3 is 32.4 Å². The standard InChI is InChI=1S/C20H23F4N7OS/c1-28-17(31-6-5-10(26)7-20(23,24)9-31)13(8-25)29-18(32)15-16(27)33-19(30-15)14-11(21)3-2-4-12(14)22/h2-4,8,10,25,28H,5-7,9,26-27H2,1H3,(H,29,32)/b17-13-,25-8?/t10-/m0/s1. The van der Waals surface area contributed by atoms with Gasteiger partial charge in [0.2, 0.25) is 0 Å². The van der Waals surface area contributed by atoms with E-state index in [0.29, 0.717) is 0 Å². The number of hydrogen-bond donors (Lipinski definition) is 5. The minimum Gasteiger partial charge on any atom is -0.389 e. The largest absolute Gasteiger partial charge is 0.389 e. The molecule has 0 radical (unpaired) electrons. The second-order valence-corrected chi connectivity index (χ2v) is 8.50. The molecule has 0 spiro atoms. The summed E-state index contributed by atoms with van der Waals surface area (Å²) in [5.74, 6) is -5.58. The number of aromatic nitrogens is 1. The molecule has 2 aromatic rings. The molecule has 178 valence electrons. The van der Waals surface area contributed by atoms with Crippen LogP contribution in [0.15, 0.2) is 29.7 Å². The molecule has 1 aromatic carbocycles. The second-order valence-electron chi connectivity index (χ2n) is 7.47. The number of anilines is 1. The van der Waals surface area contributed by atoms with Crippen LogP contribution in [-0.2, 0) is 0 Å². The van der Waals surface area contributed by atoms with Crippen LogP contribution in [0.4, 0.5) is 22.6 Å². The molecule has 7 N–H and O–H groups in total. The molecule has 2 heterocycles. The number of thiazole rings is 1. The number of nitrogens with one attached hydrogen (secondary N) is 3. The van der Waals surface area contributed by atoms with Crippen molar-refractivity contribution in [2.75, 3.05) is 25.9 Å². The Kier molecular flexibility index (Phi) is 7.22. The molecule has 1 aliphatic heterocycles. The molecule has 0 bridgehead atoms. The van der Waals surface area contributed by atoms with Crippen molar-refractivity contribution < 1.29 is 22.4 Å². The van der Waals surface area contributed by atoms with Gasteiger partial charge in [-0.25, -0.2) is 22.5 Å². The van der Waals surface area contributed by atoms with Gasteiger partial charge >= 0.3 is 0 Å². The normalized spacial score (nSPS) is 18.8. The van der Waals surface area contributed by atoms with Crippen LogP contribution in [0.25, 0.3) is 10.6 Å². The lowest BCUT2D eigenvalue weighted by Gasteiger charge is -2.29. The molecular weight excluding hydrogens is 462 g/mol. The summed E-state index contributed by atoms with van der Waals surface area (Å²) < 4.78 is 56.6. The molecular formula is C20H23F4N7OS. The highest BCUT2D eigenvalue weighted by Crippen LogP contribution is 2.33. The molecule has 1 aromatic heterocycles. The molecule has 0 unspecified atom stereocenters. The van der Waals surface area contributed by atoms with Crippen LogP contribution in [0.5, 0.6) is 0 Å². The van der Waals surface area contributed by atoms with E-state index < -0.39 is 48.0 Å². The van der Waals surface area contributed by atoms with Crippen molar-refractivity contribution in [3.63, 3.8) is 0 Å². The maximum absolute atomic E-state index is 14.2. The van der Waals surface area contributed by atoms with Gasteiger partial charge in [0.15, 0.2) is 5.69 Å². The highest BCUT2D eigenvalue weighted by molar-refractivity contribution is 7.19. The number of likely N-dealkylation sites (tertiary alicyclic amines) is 1. The van der Waals surface area contributed by atoms with E-state index in [4.69, 9.17) is 16.9 Å². The summed E-state index contributed by atoms with van der Waals surface area (Å²) in [6.45, 7) is -0.477. The van der Waals surface area contributed by atoms with Crippen molar-refractivity contribution in [3.8, 4) is 10.6 Å². The van der Waals surface area contributed by atoms with E-state index in [1.165, 1.54) is 18.0 Å². The zero-order chi connectivity index (χ0) is 24.3. The summed E-state index contributed by atoms with van der Waals surface area (Å²) in [7, 11) is 1.46. The van der Waals surface area contributed by atoms with E-state index in [-0.39, 0.29) is 40.2 Å². The lowest BCUT2D eigenvalue weighted by atomic mass is 10.1. The number of carbonyl (C=O) groups excluding carboxylic acids is 1. The minimum absolute atomic E-state index is 0.0845. The number of allylic oxidation sites excluding steroid dienone is 1. The number of halogens is 4. The van der Waals surface area contributed by atoms with Crippen molar-refractivity contribution >= 4 is 28.5 Å². The first-order chi connectivity index (χ1) is 15.6. The predicted octanol–water partition coefficient (Wildman–Crippen LogP) is 2.50. The maximum Gasteiger partial charge on any atom is 0.277 e. The molecule has 33 heavy (non-hydrogen) atoms. The van der Waals surface area contributed by atoms with Crippen molar-refractivity contribution in [2.45, 2.75) is 24.8 Å². The minimum atomic E-state index is -3.06. The number of amides is 1. The Bertz CT molecular complexity index is 1070. The van der Waals surface area contributed by atoms with E-state index in [1.807, 2.05) is 0 Å². The van der Waals surface area contributed by atoms with Gasteiger partial charge in [-0.1, -0.05) is 17.4 Å². The van der Waals surface area contributed by atoms with Crippen LogP contribution in [0.3, 0.4) is 0 Å². The van der Waals surface area contributed by atoms with E-state index in [0.717, 1.165) is 29.7 Å². The lowest BCUT2D eigenvalue weighted by Crippen LogP contribution is -2.41. The quantitative estimate of drug-likeness (QED) is 0.315. The Labute approximate surface area is 191 Å². The van der Waals surface area contributed by atoms with E-state index in [2.05, 4.69) is 15.6 Å². The highest BCUT2D eigenvalue weighted by atomic mass is 32.1. The molecule has 1 aliphatic rings. The molecule has 1 saturated heterocycles. The SMILES string of the molecule is CN/C(=C(\C=N)NC(=O)c1nc(-c2c(F)cccc2F)sc1N)N1CC[C@H](N)CC(F)(F)C1. The summed E-state index contributed by atoms with van der Waals surface area (Å²) in [4.78, 5) is 18.1. The number of hydrogen-bond acceptors (Lipinski definition) is 8. The number of rotatable bonds is 6. The number of nitrogens with two attached hydrogens (primary N) is 2. The van der Waals surface area contributed by atoms with Gasteiger partial charge in [-0.15, -0.1) is 0 Å². The molecule has 1 amide bonds. The summed E-state index contributed by atoms with van der Waals surface area (Å²) >= 11 is 0.717. The van der Waals surface area contributed by atoms with Crippen LogP contribution in [-0.4, -0.2) is 54.1 Å². The van der Waals surface area contributed by atoms with E-state index >= 15 is 0 Å². The highest BCUT2D eigenvalue weighted by Gasteiger charge is 2.38. The monoisotopic (exact) mass is 485 g/mol. The average Bonchev–Trinajstić information content (AvgIpc) is 3.05. The molecule has 13 heteroatoms. The lowest BCUT2D eigenvalue weighted by molar-refractivity contribution is -0.0268. The summed E-state index contributed by atoms with van der Waals surface area (Å²) in [6.07, 6.45) is 0.598. The number of nitrogen functional groups attached to an aromatic ring is 1. The average molecular weight is 486 g/mol. The van der Waals surface area contributed by atoms with Crippen LogP contribution < -0.4 is 22.1 Å². The number of alkyl halides is 2. The van der Waals surface area contributed by atoms with Crippen molar-refractivity contribution in [1.29, 1.82) is 5.41 Å². The summed E-state index contributed by atoms with van der Waals surface area (Å²) in [5, 5.41) is 12.6. The first-order valence-corrected chi connectivity index (χ1v) is 10.7. The first kappa shape index (κ1) is 24.5. The molecule has 1 atom stereocenters. The fourth-order valence-corrected chi connectivity index (χ4v) is 4.41. The fourth-order valence-electron chi connectivity index (χ4n) is 3.53. The summed E-state index contributed by atoms with van der Waals surface area (Å²) in [6, 6.07) is 2.60. The molecule has 0 aliphatic carbocycles. The molecule has 3 rings (SSSR count). The third-order valence-electron chi connectivity index (χ3n) is 5.00. The Morgan fingerprint density at radius 2 is 2.03 bits per heavy atom. The van der Waals surface area contributed by atoms with Crippen LogP contribution in [0.1, 0.15) is 23.3 Å². The number of benzene rings is 1. The smallest absolute Gasteiger partial charge is 0.277 e. The van der Waals surface area contributed by atoms with Crippen LogP contribution in [0, 0.1) is 17.0 Å². The van der Waals surface area contributed by atoms with Gasteiger partial charge in [-0.3, -0.25) is 4.79 Å². The van der Waals surface area contributed by atoms with Gasteiger partial charge in [0.05, 0.1) is 17.8 Å². The Hall–Kier alpha value is -3.19. The maximum atomic E-state index is 14.2. The zero-order valence-corrected chi connectivity index (χ0v) is 18.4. The Morgan fingerprint density at radius 3 is 2.64 bits per heavy atom. The van der Waals surface area contributed by atoms with Gasteiger partial charge in [0.25, 0.3) is 11.8 Å². The Balaban J connectivity index is 1.91. The van der Waals surface area contributed by atoms with Crippen LogP contribution >= 0.6 is 11.3 Å². The van der Waals surface area contributed by atoms with Crippen molar-refractivity contribution in [1.82, 2.24) is 20.5 Å². The Morgan fingerprint density at radius 1 is 1.36 bits per heavy atom.